The summed E-state index contributed by atoms with van der Waals surface area (Å²) in [5.41, 5.74) is 0. The maximum Gasteiger partial charge on any atom is 0.167 e. The Balaban J connectivity index is 2.94. The molecule has 1 N–H and O–H groups in total. The second-order valence-corrected chi connectivity index (χ2v) is 3.35. The molecule has 0 aliphatic carbocycles. The van der Waals surface area contributed by atoms with Crippen molar-refractivity contribution in [1.82, 2.24) is 4.98 Å². The molecule has 0 bridgehead atoms. The average molecular weight is 231 g/mol. The van der Waals surface area contributed by atoms with Crippen molar-refractivity contribution in [3.05, 3.63) is 35.8 Å². The Kier molecular flexibility index (Phi) is 4.52. The van der Waals surface area contributed by atoms with Gasteiger partial charge in [0.15, 0.2) is 11.6 Å². The van der Waals surface area contributed by atoms with E-state index < -0.39 is 5.82 Å². The highest BCUT2D eigenvalue weighted by Gasteiger charge is 2.11. The normalized spacial score (nSPS) is 10.1. The number of aliphatic hydroxyl groups excluding tert-OH is 1. The van der Waals surface area contributed by atoms with Gasteiger partial charge in [0.25, 0.3) is 0 Å². The third kappa shape index (κ3) is 3.18. The van der Waals surface area contributed by atoms with E-state index in [9.17, 15) is 4.39 Å². The van der Waals surface area contributed by atoms with Crippen molar-refractivity contribution in [3.63, 3.8) is 0 Å². The molecule has 0 atom stereocenters. The Morgan fingerprint density at radius 1 is 1.67 bits per heavy atom. The van der Waals surface area contributed by atoms with Crippen molar-refractivity contribution in [2.45, 2.75) is 0 Å². The summed E-state index contributed by atoms with van der Waals surface area (Å²) in [6, 6.07) is 1.19. The van der Waals surface area contributed by atoms with Gasteiger partial charge in [-0.05, 0) is 6.07 Å². The number of nitrogens with zero attached hydrogens (tertiary/aromatic N) is 2. The summed E-state index contributed by atoms with van der Waals surface area (Å²) in [5.74, 6) is -0.328. The van der Waals surface area contributed by atoms with Gasteiger partial charge in [-0.1, -0.05) is 17.7 Å². The van der Waals surface area contributed by atoms with Crippen LogP contribution in [-0.2, 0) is 0 Å². The van der Waals surface area contributed by atoms with Crippen molar-refractivity contribution in [1.29, 1.82) is 0 Å². The lowest BCUT2D eigenvalue weighted by atomic mass is 10.4. The van der Waals surface area contributed by atoms with E-state index in [0.717, 1.165) is 0 Å². The van der Waals surface area contributed by atoms with Gasteiger partial charge in [-0.3, -0.25) is 0 Å². The molecule has 0 spiro atoms. The highest BCUT2D eigenvalue weighted by molar-refractivity contribution is 6.30. The zero-order valence-corrected chi connectivity index (χ0v) is 8.91. The van der Waals surface area contributed by atoms with Gasteiger partial charge in [0.1, 0.15) is 0 Å². The van der Waals surface area contributed by atoms with Gasteiger partial charge < -0.3 is 10.0 Å². The number of hydrogen-bond donors (Lipinski definition) is 1. The van der Waals surface area contributed by atoms with Gasteiger partial charge in [-0.25, -0.2) is 9.37 Å². The molecule has 1 aromatic heterocycles. The van der Waals surface area contributed by atoms with Crippen LogP contribution in [0.4, 0.5) is 10.2 Å². The lowest BCUT2D eigenvalue weighted by Crippen LogP contribution is -2.28. The highest BCUT2D eigenvalue weighted by Crippen LogP contribution is 2.19. The Labute approximate surface area is 92.8 Å². The number of rotatable bonds is 5. The molecule has 0 saturated heterocycles. The highest BCUT2D eigenvalue weighted by atomic mass is 35.5. The van der Waals surface area contributed by atoms with Crippen molar-refractivity contribution < 1.29 is 9.50 Å². The van der Waals surface area contributed by atoms with Gasteiger partial charge in [0.05, 0.1) is 11.6 Å². The van der Waals surface area contributed by atoms with Gasteiger partial charge in [-0.15, -0.1) is 6.58 Å². The third-order valence-electron chi connectivity index (χ3n) is 1.81. The summed E-state index contributed by atoms with van der Waals surface area (Å²) in [5, 5.41) is 9.07. The molecule has 3 nitrogen and oxygen atoms in total. The van der Waals surface area contributed by atoms with Crippen molar-refractivity contribution in [3.8, 4) is 0 Å². The summed E-state index contributed by atoms with van der Waals surface area (Å²) in [6.07, 6.45) is 2.98. The molecule has 1 rings (SSSR count). The number of anilines is 1. The summed E-state index contributed by atoms with van der Waals surface area (Å²) in [6.45, 7) is 4.21. The van der Waals surface area contributed by atoms with Crippen molar-refractivity contribution >= 4 is 17.4 Å². The van der Waals surface area contributed by atoms with E-state index in [1.807, 2.05) is 0 Å². The maximum atomic E-state index is 13.4. The number of aliphatic hydroxyl groups is 1. The summed E-state index contributed by atoms with van der Waals surface area (Å²) in [7, 11) is 0. The average Bonchev–Trinajstić information content (AvgIpc) is 2.17. The molecule has 0 unspecified atom stereocenters. The third-order valence-corrected chi connectivity index (χ3v) is 2.01. The van der Waals surface area contributed by atoms with Crippen LogP contribution in [0.15, 0.2) is 24.9 Å². The first kappa shape index (κ1) is 11.9. The molecule has 0 radical (unpaired) electrons. The number of pyridine rings is 1. The quantitative estimate of drug-likeness (QED) is 0.785. The molecule has 0 saturated carbocycles. The van der Waals surface area contributed by atoms with Crippen LogP contribution in [0.2, 0.25) is 5.02 Å². The minimum absolute atomic E-state index is 0.0718. The molecule has 0 amide bonds. The Morgan fingerprint density at radius 2 is 2.40 bits per heavy atom. The summed E-state index contributed by atoms with van der Waals surface area (Å²) in [4.78, 5) is 5.46. The van der Waals surface area contributed by atoms with Crippen LogP contribution >= 0.6 is 11.6 Å². The standard InChI is InChI=1S/C10H12ClFN2O/c1-2-3-14(4-5-15)10-9(12)6-8(11)7-13-10/h2,6-7,15H,1,3-5H2. The van der Waals surface area contributed by atoms with Crippen LogP contribution in [0.1, 0.15) is 0 Å². The van der Waals surface area contributed by atoms with Gasteiger partial charge >= 0.3 is 0 Å². The van der Waals surface area contributed by atoms with Gasteiger partial charge in [0, 0.05) is 19.3 Å². The van der Waals surface area contributed by atoms with E-state index in [1.165, 1.54) is 12.3 Å². The lowest BCUT2D eigenvalue weighted by molar-refractivity contribution is 0.302. The molecule has 0 aliphatic rings. The topological polar surface area (TPSA) is 36.4 Å². The minimum Gasteiger partial charge on any atom is -0.395 e. The molecule has 0 aliphatic heterocycles. The lowest BCUT2D eigenvalue weighted by Gasteiger charge is -2.21. The molecule has 0 fully saturated rings. The molecule has 82 valence electrons. The van der Waals surface area contributed by atoms with Gasteiger partial charge in [0.2, 0.25) is 0 Å². The SMILES string of the molecule is C=CCN(CCO)c1ncc(Cl)cc1F. The smallest absolute Gasteiger partial charge is 0.167 e. The zero-order chi connectivity index (χ0) is 11.3. The second kappa shape index (κ2) is 5.68. The largest absolute Gasteiger partial charge is 0.395 e. The summed E-state index contributed by atoms with van der Waals surface area (Å²) < 4.78 is 13.4. The Bertz CT molecular complexity index is 346. The maximum absolute atomic E-state index is 13.4. The van der Waals surface area contributed by atoms with Crippen molar-refractivity contribution in [2.75, 3.05) is 24.6 Å². The number of halogens is 2. The summed E-state index contributed by atoms with van der Waals surface area (Å²) >= 11 is 5.59. The molecular weight excluding hydrogens is 219 g/mol. The van der Waals surface area contributed by atoms with E-state index in [2.05, 4.69) is 11.6 Å². The molecule has 15 heavy (non-hydrogen) atoms. The first-order valence-electron chi connectivity index (χ1n) is 4.46. The van der Waals surface area contributed by atoms with E-state index in [-0.39, 0.29) is 17.4 Å². The monoisotopic (exact) mass is 230 g/mol. The molecule has 0 aromatic carbocycles. The first-order valence-corrected chi connectivity index (χ1v) is 4.84. The van der Waals surface area contributed by atoms with Crippen LogP contribution in [0.5, 0.6) is 0 Å². The van der Waals surface area contributed by atoms with Crippen molar-refractivity contribution in [2.24, 2.45) is 0 Å². The molecule has 5 heteroatoms. The van der Waals surface area contributed by atoms with Crippen LogP contribution < -0.4 is 4.90 Å². The molecule has 1 aromatic rings. The fourth-order valence-electron chi connectivity index (χ4n) is 1.20. The number of hydrogen-bond acceptors (Lipinski definition) is 3. The fourth-order valence-corrected chi connectivity index (χ4v) is 1.34. The number of aromatic nitrogens is 1. The van der Waals surface area contributed by atoms with Crippen LogP contribution in [0.25, 0.3) is 0 Å². The van der Waals surface area contributed by atoms with E-state index in [4.69, 9.17) is 16.7 Å². The zero-order valence-electron chi connectivity index (χ0n) is 8.16. The Hall–Kier alpha value is -1.13. The van der Waals surface area contributed by atoms with Crippen LogP contribution in [0, 0.1) is 5.82 Å². The predicted octanol–water partition coefficient (Wildman–Crippen LogP) is 1.86. The minimum atomic E-state index is -0.502. The van der Waals surface area contributed by atoms with Crippen LogP contribution in [0.3, 0.4) is 0 Å². The fraction of sp³-hybridized carbons (Fsp3) is 0.300. The first-order chi connectivity index (χ1) is 7.19. The van der Waals surface area contributed by atoms with E-state index in [1.54, 1.807) is 11.0 Å². The predicted molar refractivity (Wildman–Crippen MR) is 58.7 cm³/mol. The molecular formula is C10H12ClFN2O. The molecule has 1 heterocycles. The Morgan fingerprint density at radius 3 is 2.93 bits per heavy atom. The van der Waals surface area contributed by atoms with Crippen LogP contribution in [-0.4, -0.2) is 29.8 Å². The van der Waals surface area contributed by atoms with Gasteiger partial charge in [-0.2, -0.15) is 0 Å². The van der Waals surface area contributed by atoms with E-state index in [0.29, 0.717) is 13.1 Å². The second-order valence-electron chi connectivity index (χ2n) is 2.92. The van der Waals surface area contributed by atoms with E-state index >= 15 is 0 Å².